The molecule has 0 saturated heterocycles. The van der Waals surface area contributed by atoms with E-state index in [2.05, 4.69) is 29.2 Å². The van der Waals surface area contributed by atoms with Crippen molar-refractivity contribution in [2.45, 2.75) is 39.5 Å². The minimum atomic E-state index is -1.06. The molecule has 0 aromatic carbocycles. The maximum absolute atomic E-state index is 12.5. The smallest absolute Gasteiger partial charge is 0.331 e. The zero-order valence-corrected chi connectivity index (χ0v) is 16.3. The molecule has 0 radical (unpaired) electrons. The molecule has 0 bridgehead atoms. The SMILES string of the molecule is C/C(=C\c1cnc2cc(CCc3nc(C(C)C)cs3)ccn2c1=O)C(=O)O. The van der Waals surface area contributed by atoms with Crippen LogP contribution in [0.3, 0.4) is 0 Å². The number of rotatable bonds is 6. The number of fused-ring (bicyclic) bond motifs is 1. The molecule has 27 heavy (non-hydrogen) atoms. The highest BCUT2D eigenvalue weighted by molar-refractivity contribution is 7.09. The highest BCUT2D eigenvalue weighted by Crippen LogP contribution is 2.19. The molecular formula is C20H21N3O3S. The summed E-state index contributed by atoms with van der Waals surface area (Å²) in [7, 11) is 0. The number of hydrogen-bond acceptors (Lipinski definition) is 5. The van der Waals surface area contributed by atoms with Gasteiger partial charge in [-0.2, -0.15) is 0 Å². The van der Waals surface area contributed by atoms with Gasteiger partial charge < -0.3 is 5.11 Å². The molecule has 0 aliphatic heterocycles. The number of aryl methyl sites for hydroxylation is 2. The summed E-state index contributed by atoms with van der Waals surface area (Å²) in [6, 6.07) is 3.78. The number of nitrogens with zero attached hydrogens (tertiary/aromatic N) is 3. The second kappa shape index (κ2) is 7.84. The molecule has 0 aliphatic carbocycles. The Hall–Kier alpha value is -2.80. The van der Waals surface area contributed by atoms with Crippen LogP contribution in [0, 0.1) is 0 Å². The highest BCUT2D eigenvalue weighted by Gasteiger charge is 2.09. The number of aromatic nitrogens is 3. The fraction of sp³-hybridized carbons (Fsp3) is 0.300. The standard InChI is InChI=1S/C20H21N3O3S/c1-12(2)16-11-27-18(22-16)5-4-14-6-7-23-17(9-14)21-10-15(19(23)24)8-13(3)20(25)26/h6-12H,4-5H2,1-3H3,(H,25,26)/b13-8+. The van der Waals surface area contributed by atoms with Crippen molar-refractivity contribution in [3.05, 3.63) is 67.7 Å². The second-order valence-corrected chi connectivity index (χ2v) is 7.68. The fourth-order valence-electron chi connectivity index (χ4n) is 2.64. The first-order chi connectivity index (χ1) is 12.8. The summed E-state index contributed by atoms with van der Waals surface area (Å²) in [6.07, 6.45) is 6.11. The molecule has 3 rings (SSSR count). The Bertz CT molecular complexity index is 1080. The van der Waals surface area contributed by atoms with Crippen LogP contribution in [0.25, 0.3) is 11.7 Å². The molecule has 0 unspecified atom stereocenters. The van der Waals surface area contributed by atoms with E-state index in [9.17, 15) is 9.59 Å². The predicted molar refractivity (Wildman–Crippen MR) is 106 cm³/mol. The fourth-order valence-corrected chi connectivity index (χ4v) is 3.60. The van der Waals surface area contributed by atoms with Crippen LogP contribution < -0.4 is 5.56 Å². The Morgan fingerprint density at radius 1 is 1.37 bits per heavy atom. The lowest BCUT2D eigenvalue weighted by Gasteiger charge is -2.05. The quantitative estimate of drug-likeness (QED) is 0.658. The summed E-state index contributed by atoms with van der Waals surface area (Å²) < 4.78 is 1.44. The third-order valence-electron chi connectivity index (χ3n) is 4.30. The van der Waals surface area contributed by atoms with E-state index in [0.717, 1.165) is 29.1 Å². The van der Waals surface area contributed by atoms with Crippen molar-refractivity contribution in [3.63, 3.8) is 0 Å². The van der Waals surface area contributed by atoms with Gasteiger partial charge in [0.2, 0.25) is 0 Å². The first kappa shape index (κ1) is 19.0. The molecule has 1 N–H and O–H groups in total. The van der Waals surface area contributed by atoms with Crippen LogP contribution >= 0.6 is 11.3 Å². The van der Waals surface area contributed by atoms with Gasteiger partial charge in [-0.1, -0.05) is 13.8 Å². The average molecular weight is 383 g/mol. The molecule has 0 amide bonds. The first-order valence-electron chi connectivity index (χ1n) is 8.71. The minimum Gasteiger partial charge on any atom is -0.478 e. The second-order valence-electron chi connectivity index (χ2n) is 6.74. The van der Waals surface area contributed by atoms with Crippen LogP contribution in [-0.2, 0) is 17.6 Å². The molecule has 0 fully saturated rings. The zero-order valence-electron chi connectivity index (χ0n) is 15.5. The molecular weight excluding hydrogens is 362 g/mol. The molecule has 0 atom stereocenters. The van der Waals surface area contributed by atoms with E-state index in [0.29, 0.717) is 11.6 Å². The normalized spacial score (nSPS) is 12.1. The number of carboxylic acid groups (broad SMARTS) is 1. The lowest BCUT2D eigenvalue weighted by atomic mass is 10.1. The van der Waals surface area contributed by atoms with Crippen molar-refractivity contribution in [3.8, 4) is 0 Å². The minimum absolute atomic E-state index is 0.0923. The molecule has 3 heterocycles. The monoisotopic (exact) mass is 383 g/mol. The summed E-state index contributed by atoms with van der Waals surface area (Å²) >= 11 is 1.68. The Morgan fingerprint density at radius 3 is 2.81 bits per heavy atom. The summed E-state index contributed by atoms with van der Waals surface area (Å²) in [4.78, 5) is 32.4. The average Bonchev–Trinajstić information content (AvgIpc) is 3.11. The number of hydrogen-bond donors (Lipinski definition) is 1. The van der Waals surface area contributed by atoms with E-state index in [-0.39, 0.29) is 16.7 Å². The Balaban J connectivity index is 1.82. The van der Waals surface area contributed by atoms with Crippen molar-refractivity contribution in [1.82, 2.24) is 14.4 Å². The van der Waals surface area contributed by atoms with Gasteiger partial charge in [-0.05, 0) is 43.0 Å². The predicted octanol–water partition coefficient (Wildman–Crippen LogP) is 3.55. The van der Waals surface area contributed by atoms with Crippen LogP contribution in [0.1, 0.15) is 48.5 Å². The van der Waals surface area contributed by atoms with Crippen LogP contribution in [-0.4, -0.2) is 25.4 Å². The van der Waals surface area contributed by atoms with Gasteiger partial charge in [0.15, 0.2) is 0 Å². The number of carboxylic acids is 1. The van der Waals surface area contributed by atoms with E-state index in [1.165, 1.54) is 23.6 Å². The van der Waals surface area contributed by atoms with Crippen molar-refractivity contribution in [2.24, 2.45) is 0 Å². The third-order valence-corrected chi connectivity index (χ3v) is 5.23. The number of aliphatic carboxylic acids is 1. The van der Waals surface area contributed by atoms with E-state index in [1.807, 2.05) is 12.1 Å². The molecule has 140 valence electrons. The summed E-state index contributed by atoms with van der Waals surface area (Å²) in [5, 5.41) is 12.2. The molecule has 0 aliphatic rings. The zero-order chi connectivity index (χ0) is 19.6. The lowest BCUT2D eigenvalue weighted by molar-refractivity contribution is -0.132. The van der Waals surface area contributed by atoms with Gasteiger partial charge in [0, 0.05) is 29.8 Å². The number of pyridine rings is 1. The van der Waals surface area contributed by atoms with Crippen LogP contribution in [0.15, 0.2) is 40.3 Å². The Morgan fingerprint density at radius 2 is 2.15 bits per heavy atom. The van der Waals surface area contributed by atoms with Gasteiger partial charge in [-0.25, -0.2) is 14.8 Å². The van der Waals surface area contributed by atoms with Gasteiger partial charge >= 0.3 is 5.97 Å². The van der Waals surface area contributed by atoms with Crippen LogP contribution in [0.4, 0.5) is 0 Å². The van der Waals surface area contributed by atoms with Crippen LogP contribution in [0.2, 0.25) is 0 Å². The summed E-state index contributed by atoms with van der Waals surface area (Å²) in [6.45, 7) is 5.71. The molecule has 0 saturated carbocycles. The molecule has 6 nitrogen and oxygen atoms in total. The van der Waals surface area contributed by atoms with Crippen molar-refractivity contribution in [2.75, 3.05) is 0 Å². The van der Waals surface area contributed by atoms with Gasteiger partial charge in [0.1, 0.15) is 5.65 Å². The Labute approximate surface area is 160 Å². The lowest BCUT2D eigenvalue weighted by Crippen LogP contribution is -2.17. The van der Waals surface area contributed by atoms with Gasteiger partial charge in [0.05, 0.1) is 16.3 Å². The van der Waals surface area contributed by atoms with Gasteiger partial charge in [-0.3, -0.25) is 9.20 Å². The van der Waals surface area contributed by atoms with Crippen molar-refractivity contribution < 1.29 is 9.90 Å². The molecule has 0 spiro atoms. The van der Waals surface area contributed by atoms with E-state index in [1.54, 1.807) is 17.5 Å². The van der Waals surface area contributed by atoms with Crippen molar-refractivity contribution >= 4 is 29.0 Å². The molecule has 3 aromatic rings. The van der Waals surface area contributed by atoms with E-state index >= 15 is 0 Å². The van der Waals surface area contributed by atoms with Gasteiger partial charge in [0.25, 0.3) is 5.56 Å². The molecule has 3 aromatic heterocycles. The first-order valence-corrected chi connectivity index (χ1v) is 9.59. The number of carbonyl (C=O) groups is 1. The van der Waals surface area contributed by atoms with Gasteiger partial charge in [-0.15, -0.1) is 11.3 Å². The van der Waals surface area contributed by atoms with Crippen LogP contribution in [0.5, 0.6) is 0 Å². The molecule has 7 heteroatoms. The van der Waals surface area contributed by atoms with Crippen molar-refractivity contribution in [1.29, 1.82) is 0 Å². The maximum atomic E-state index is 12.5. The largest absolute Gasteiger partial charge is 0.478 e. The Kier molecular flexibility index (Phi) is 5.51. The van der Waals surface area contributed by atoms with E-state index in [4.69, 9.17) is 5.11 Å². The summed E-state index contributed by atoms with van der Waals surface area (Å²) in [5.74, 6) is -0.627. The number of thiazole rings is 1. The third kappa shape index (κ3) is 4.31. The maximum Gasteiger partial charge on any atom is 0.331 e. The highest BCUT2D eigenvalue weighted by atomic mass is 32.1. The van der Waals surface area contributed by atoms with E-state index < -0.39 is 5.97 Å². The summed E-state index contributed by atoms with van der Waals surface area (Å²) in [5.41, 5.74) is 2.81. The topological polar surface area (TPSA) is 84.6 Å².